The summed E-state index contributed by atoms with van der Waals surface area (Å²) in [6.45, 7) is 1.58. The lowest BCUT2D eigenvalue weighted by atomic mass is 10.4. The van der Waals surface area contributed by atoms with Gasteiger partial charge in [-0.2, -0.15) is 0 Å². The van der Waals surface area contributed by atoms with Crippen LogP contribution in [0.4, 0.5) is 4.79 Å². The van der Waals surface area contributed by atoms with Crippen molar-refractivity contribution in [2.75, 3.05) is 6.61 Å². The molecule has 0 rings (SSSR count). The van der Waals surface area contributed by atoms with Gasteiger partial charge in [-0.05, 0) is 6.92 Å². The molecule has 0 heterocycles. The quantitative estimate of drug-likeness (QED) is 0.436. The summed E-state index contributed by atoms with van der Waals surface area (Å²) in [7, 11) is 0. The zero-order valence-electron chi connectivity index (χ0n) is 4.72. The van der Waals surface area contributed by atoms with Gasteiger partial charge in [0.25, 0.3) is 0 Å². The molecular formula is C4H10N2O2. The number of nitrogens with two attached hydrogens (primary N) is 1. The normalized spacial score (nSPS) is 12.8. The van der Waals surface area contributed by atoms with Crippen LogP contribution in [0, 0.1) is 0 Å². The summed E-state index contributed by atoms with van der Waals surface area (Å²) in [5.74, 6) is 0. The van der Waals surface area contributed by atoms with Gasteiger partial charge in [0.2, 0.25) is 0 Å². The van der Waals surface area contributed by atoms with Gasteiger partial charge in [0.1, 0.15) is 0 Å². The Morgan fingerprint density at radius 3 is 2.62 bits per heavy atom. The highest BCUT2D eigenvalue weighted by Crippen LogP contribution is 1.73. The van der Waals surface area contributed by atoms with E-state index >= 15 is 0 Å². The van der Waals surface area contributed by atoms with E-state index in [-0.39, 0.29) is 12.6 Å². The molecule has 0 aromatic heterocycles. The minimum atomic E-state index is -0.605. The number of amides is 2. The summed E-state index contributed by atoms with van der Waals surface area (Å²) in [4.78, 5) is 9.97. The molecule has 0 bridgehead atoms. The number of rotatable bonds is 2. The van der Waals surface area contributed by atoms with Crippen molar-refractivity contribution in [1.29, 1.82) is 0 Å². The van der Waals surface area contributed by atoms with Gasteiger partial charge < -0.3 is 16.2 Å². The van der Waals surface area contributed by atoms with Crippen molar-refractivity contribution in [2.45, 2.75) is 13.0 Å². The molecule has 0 aliphatic carbocycles. The van der Waals surface area contributed by atoms with Crippen LogP contribution in [-0.4, -0.2) is 23.8 Å². The molecule has 8 heavy (non-hydrogen) atoms. The van der Waals surface area contributed by atoms with E-state index in [0.717, 1.165) is 0 Å². The molecule has 4 heteroatoms. The molecule has 48 valence electrons. The first kappa shape index (κ1) is 7.23. The number of hydrogen-bond acceptors (Lipinski definition) is 2. The molecule has 0 aromatic carbocycles. The summed E-state index contributed by atoms with van der Waals surface area (Å²) < 4.78 is 0. The van der Waals surface area contributed by atoms with Crippen molar-refractivity contribution in [3.63, 3.8) is 0 Å². The van der Waals surface area contributed by atoms with Crippen LogP contribution in [0.15, 0.2) is 0 Å². The first-order chi connectivity index (χ1) is 3.66. The Kier molecular flexibility index (Phi) is 2.95. The fourth-order valence-corrected chi connectivity index (χ4v) is 0.288. The number of aliphatic hydroxyl groups excluding tert-OH is 1. The van der Waals surface area contributed by atoms with Gasteiger partial charge in [-0.3, -0.25) is 0 Å². The molecule has 0 unspecified atom stereocenters. The third kappa shape index (κ3) is 3.42. The number of aliphatic hydroxyl groups is 1. The first-order valence-electron chi connectivity index (χ1n) is 2.33. The van der Waals surface area contributed by atoms with Crippen LogP contribution in [0.25, 0.3) is 0 Å². The molecule has 0 saturated carbocycles. The van der Waals surface area contributed by atoms with Gasteiger partial charge in [-0.1, -0.05) is 0 Å². The Labute approximate surface area is 47.7 Å². The Balaban J connectivity index is 3.24. The summed E-state index contributed by atoms with van der Waals surface area (Å²) >= 11 is 0. The van der Waals surface area contributed by atoms with Crippen molar-refractivity contribution in [3.8, 4) is 0 Å². The second kappa shape index (κ2) is 3.26. The average Bonchev–Trinajstić information content (AvgIpc) is 1.65. The Hall–Kier alpha value is -0.770. The zero-order chi connectivity index (χ0) is 6.57. The minimum absolute atomic E-state index is 0.0804. The van der Waals surface area contributed by atoms with Crippen molar-refractivity contribution in [3.05, 3.63) is 0 Å². The van der Waals surface area contributed by atoms with Gasteiger partial charge in [-0.25, -0.2) is 4.79 Å². The number of carbonyl (C=O) groups excluding carboxylic acids is 1. The fourth-order valence-electron chi connectivity index (χ4n) is 0.288. The van der Waals surface area contributed by atoms with Crippen LogP contribution in [0.1, 0.15) is 6.92 Å². The van der Waals surface area contributed by atoms with Gasteiger partial charge in [0, 0.05) is 0 Å². The predicted octanol–water partition coefficient (Wildman–Crippen LogP) is -0.965. The molecule has 0 fully saturated rings. The maximum atomic E-state index is 9.97. The van der Waals surface area contributed by atoms with Crippen LogP contribution in [0.2, 0.25) is 0 Å². The molecule has 0 saturated heterocycles. The number of primary amides is 1. The largest absolute Gasteiger partial charge is 0.394 e. The molecule has 0 aliphatic heterocycles. The van der Waals surface area contributed by atoms with E-state index in [0.29, 0.717) is 0 Å². The standard InChI is InChI=1S/C4H10N2O2/c1-3(2-7)6-4(5)8/h3,7H,2H2,1H3,(H3,5,6,8)/t3-/m1/s1. The number of carbonyl (C=O) groups is 1. The highest BCUT2D eigenvalue weighted by molar-refractivity contribution is 5.71. The van der Waals surface area contributed by atoms with E-state index in [9.17, 15) is 4.79 Å². The smallest absolute Gasteiger partial charge is 0.312 e. The third-order valence-corrected chi connectivity index (χ3v) is 0.663. The van der Waals surface area contributed by atoms with E-state index in [4.69, 9.17) is 10.8 Å². The Bertz CT molecular complexity index is 84.1. The topological polar surface area (TPSA) is 75.3 Å². The molecule has 1 atom stereocenters. The molecule has 4 nitrogen and oxygen atoms in total. The summed E-state index contributed by atoms with van der Waals surface area (Å²) in [5.41, 5.74) is 4.71. The first-order valence-corrected chi connectivity index (χ1v) is 2.33. The van der Waals surface area contributed by atoms with Crippen LogP contribution in [0.3, 0.4) is 0 Å². The SMILES string of the molecule is C[C@H](CO)NC(N)=O. The van der Waals surface area contributed by atoms with E-state index in [1.54, 1.807) is 6.92 Å². The van der Waals surface area contributed by atoms with Crippen LogP contribution in [0.5, 0.6) is 0 Å². The van der Waals surface area contributed by atoms with Crippen molar-refractivity contribution >= 4 is 6.03 Å². The summed E-state index contributed by atoms with van der Waals surface area (Å²) in [6, 6.07) is -0.848. The lowest BCUT2D eigenvalue weighted by Gasteiger charge is -2.05. The summed E-state index contributed by atoms with van der Waals surface area (Å²) in [6.07, 6.45) is 0. The van der Waals surface area contributed by atoms with E-state index < -0.39 is 6.03 Å². The van der Waals surface area contributed by atoms with Gasteiger partial charge in [0.05, 0.1) is 12.6 Å². The monoisotopic (exact) mass is 118 g/mol. The van der Waals surface area contributed by atoms with Crippen LogP contribution >= 0.6 is 0 Å². The van der Waals surface area contributed by atoms with Gasteiger partial charge in [0.15, 0.2) is 0 Å². The molecular weight excluding hydrogens is 108 g/mol. The van der Waals surface area contributed by atoms with Crippen molar-refractivity contribution < 1.29 is 9.90 Å². The van der Waals surface area contributed by atoms with E-state index in [2.05, 4.69) is 5.32 Å². The van der Waals surface area contributed by atoms with Gasteiger partial charge >= 0.3 is 6.03 Å². The second-order valence-corrected chi connectivity index (χ2v) is 1.59. The molecule has 0 radical (unpaired) electrons. The molecule has 0 aromatic rings. The van der Waals surface area contributed by atoms with Crippen molar-refractivity contribution in [2.24, 2.45) is 5.73 Å². The maximum Gasteiger partial charge on any atom is 0.312 e. The number of hydrogen-bond donors (Lipinski definition) is 3. The number of urea groups is 1. The lowest BCUT2D eigenvalue weighted by molar-refractivity contribution is 0.227. The minimum Gasteiger partial charge on any atom is -0.394 e. The zero-order valence-corrected chi connectivity index (χ0v) is 4.72. The fraction of sp³-hybridized carbons (Fsp3) is 0.750. The number of nitrogens with one attached hydrogen (secondary N) is 1. The molecule has 2 amide bonds. The molecule has 0 spiro atoms. The van der Waals surface area contributed by atoms with E-state index in [1.807, 2.05) is 0 Å². The van der Waals surface area contributed by atoms with E-state index in [1.165, 1.54) is 0 Å². The predicted molar refractivity (Wildman–Crippen MR) is 29.3 cm³/mol. The molecule has 4 N–H and O–H groups in total. The Morgan fingerprint density at radius 2 is 2.50 bits per heavy atom. The maximum absolute atomic E-state index is 9.97. The average molecular weight is 118 g/mol. The third-order valence-electron chi connectivity index (χ3n) is 0.663. The second-order valence-electron chi connectivity index (χ2n) is 1.59. The Morgan fingerprint density at radius 1 is 2.00 bits per heavy atom. The lowest BCUT2D eigenvalue weighted by Crippen LogP contribution is -2.38. The van der Waals surface area contributed by atoms with Crippen LogP contribution in [-0.2, 0) is 0 Å². The van der Waals surface area contributed by atoms with Crippen molar-refractivity contribution in [1.82, 2.24) is 5.32 Å². The highest BCUT2D eigenvalue weighted by Gasteiger charge is 1.98. The highest BCUT2D eigenvalue weighted by atomic mass is 16.3. The van der Waals surface area contributed by atoms with Gasteiger partial charge in [-0.15, -0.1) is 0 Å². The van der Waals surface area contributed by atoms with Crippen LogP contribution < -0.4 is 11.1 Å². The molecule has 0 aliphatic rings. The summed E-state index contributed by atoms with van der Waals surface area (Å²) in [5, 5.41) is 10.6.